The van der Waals surface area contributed by atoms with Crippen molar-refractivity contribution >= 4 is 23.6 Å². The molecule has 2 rings (SSSR count). The summed E-state index contributed by atoms with van der Waals surface area (Å²) in [5.74, 6) is -0.227. The van der Waals surface area contributed by atoms with Gasteiger partial charge in [-0.2, -0.15) is 0 Å². The second-order valence-electron chi connectivity index (χ2n) is 4.25. The molecule has 0 fully saturated rings. The second kappa shape index (κ2) is 7.00. The fourth-order valence-corrected chi connectivity index (χ4v) is 1.60. The minimum atomic E-state index is -0.480. The topological polar surface area (TPSA) is 68.3 Å². The average molecular weight is 282 g/mol. The fraction of sp³-hybridized carbons (Fsp3) is 0.0625. The van der Waals surface area contributed by atoms with E-state index in [9.17, 15) is 9.59 Å². The molecule has 0 saturated carbocycles. The molecule has 21 heavy (non-hydrogen) atoms. The first-order valence-electron chi connectivity index (χ1n) is 6.31. The van der Waals surface area contributed by atoms with E-state index in [-0.39, 0.29) is 5.91 Å². The molecule has 5 heteroatoms. The van der Waals surface area contributed by atoms with Gasteiger partial charge in [-0.1, -0.05) is 6.07 Å². The molecule has 1 aromatic heterocycles. The summed E-state index contributed by atoms with van der Waals surface area (Å²) in [4.78, 5) is 26.5. The van der Waals surface area contributed by atoms with Gasteiger partial charge in [0.25, 0.3) is 0 Å². The summed E-state index contributed by atoms with van der Waals surface area (Å²) < 4.78 is 5.14. The Morgan fingerprint density at radius 1 is 1.19 bits per heavy atom. The van der Waals surface area contributed by atoms with Crippen LogP contribution >= 0.6 is 0 Å². The van der Waals surface area contributed by atoms with Gasteiger partial charge in [0.2, 0.25) is 5.91 Å². The van der Waals surface area contributed by atoms with Crippen LogP contribution in [0.15, 0.2) is 54.9 Å². The second-order valence-corrected chi connectivity index (χ2v) is 4.25. The summed E-state index contributed by atoms with van der Waals surface area (Å²) >= 11 is 0. The van der Waals surface area contributed by atoms with Crippen molar-refractivity contribution in [2.24, 2.45) is 0 Å². The Labute approximate surface area is 122 Å². The predicted molar refractivity (Wildman–Crippen MR) is 79.7 cm³/mol. The molecular formula is C16H14N2O3. The van der Waals surface area contributed by atoms with Gasteiger partial charge in [-0.25, -0.2) is 4.79 Å². The number of nitrogens with one attached hydrogen (secondary N) is 1. The molecule has 1 N–H and O–H groups in total. The third-order valence-corrected chi connectivity index (χ3v) is 2.49. The molecule has 0 radical (unpaired) electrons. The maximum atomic E-state index is 11.6. The number of pyridine rings is 1. The number of hydrogen-bond acceptors (Lipinski definition) is 4. The van der Waals surface area contributed by atoms with Gasteiger partial charge in [0.1, 0.15) is 5.75 Å². The molecule has 0 aliphatic rings. The van der Waals surface area contributed by atoms with Crippen LogP contribution in [0.25, 0.3) is 6.08 Å². The lowest BCUT2D eigenvalue weighted by molar-refractivity contribution is -0.128. The number of carbonyl (C=O) groups excluding carboxylic acids is 2. The molecule has 0 aliphatic carbocycles. The summed E-state index contributed by atoms with van der Waals surface area (Å²) in [5.41, 5.74) is 1.46. The van der Waals surface area contributed by atoms with Crippen molar-refractivity contribution in [2.75, 3.05) is 5.32 Å². The third-order valence-electron chi connectivity index (χ3n) is 2.49. The van der Waals surface area contributed by atoms with Crippen LogP contribution in [0.1, 0.15) is 12.5 Å². The fourth-order valence-electron chi connectivity index (χ4n) is 1.60. The largest absolute Gasteiger partial charge is 0.423 e. The van der Waals surface area contributed by atoms with Crippen LogP contribution in [-0.4, -0.2) is 16.9 Å². The molecule has 0 unspecified atom stereocenters. The zero-order valence-corrected chi connectivity index (χ0v) is 11.4. The first kappa shape index (κ1) is 14.5. The van der Waals surface area contributed by atoms with Crippen LogP contribution in [0, 0.1) is 0 Å². The Kier molecular flexibility index (Phi) is 4.82. The number of aromatic nitrogens is 1. The summed E-state index contributed by atoms with van der Waals surface area (Å²) in [6.07, 6.45) is 6.26. The number of esters is 1. The Bertz CT molecular complexity index is 649. The van der Waals surface area contributed by atoms with Crippen molar-refractivity contribution in [1.82, 2.24) is 4.98 Å². The van der Waals surface area contributed by atoms with Crippen molar-refractivity contribution < 1.29 is 14.3 Å². The van der Waals surface area contributed by atoms with E-state index in [2.05, 4.69) is 10.3 Å². The number of ether oxygens (including phenoxy) is 1. The lowest BCUT2D eigenvalue weighted by Crippen LogP contribution is -2.06. The van der Waals surface area contributed by atoms with Gasteiger partial charge >= 0.3 is 5.97 Å². The number of anilines is 1. The molecule has 1 amide bonds. The molecule has 0 saturated heterocycles. The number of amides is 1. The highest BCUT2D eigenvalue weighted by molar-refractivity contribution is 5.89. The predicted octanol–water partition coefficient (Wildman–Crippen LogP) is 2.66. The van der Waals surface area contributed by atoms with Crippen molar-refractivity contribution in [3.8, 4) is 5.75 Å². The van der Waals surface area contributed by atoms with Gasteiger partial charge in [-0.3, -0.25) is 9.78 Å². The molecule has 5 nitrogen and oxygen atoms in total. The van der Waals surface area contributed by atoms with E-state index in [0.717, 1.165) is 5.56 Å². The number of rotatable bonds is 4. The molecular weight excluding hydrogens is 268 g/mol. The van der Waals surface area contributed by atoms with E-state index in [0.29, 0.717) is 11.4 Å². The van der Waals surface area contributed by atoms with Crippen molar-refractivity contribution in [3.05, 3.63) is 60.4 Å². The zero-order chi connectivity index (χ0) is 15.1. The van der Waals surface area contributed by atoms with E-state index in [1.807, 2.05) is 6.07 Å². The highest BCUT2D eigenvalue weighted by Crippen LogP contribution is 2.16. The molecule has 0 spiro atoms. The number of hydrogen-bond donors (Lipinski definition) is 1. The van der Waals surface area contributed by atoms with E-state index in [4.69, 9.17) is 4.74 Å². The highest BCUT2D eigenvalue weighted by atomic mass is 16.5. The van der Waals surface area contributed by atoms with E-state index in [1.54, 1.807) is 48.8 Å². The number of nitrogens with zero attached hydrogens (tertiary/aromatic N) is 1. The minimum Gasteiger partial charge on any atom is -0.423 e. The maximum absolute atomic E-state index is 11.6. The van der Waals surface area contributed by atoms with Crippen LogP contribution in [-0.2, 0) is 9.59 Å². The standard InChI is InChI=1S/C16H14N2O3/c1-12(19)18-14-5-7-15(8-6-14)21-16(20)9-4-13-3-2-10-17-11-13/h2-11H,1H3,(H,18,19)/b9-4+. The Hall–Kier alpha value is -2.95. The first-order valence-corrected chi connectivity index (χ1v) is 6.31. The molecule has 1 aromatic carbocycles. The Morgan fingerprint density at radius 3 is 2.57 bits per heavy atom. The van der Waals surface area contributed by atoms with Gasteiger partial charge in [0.05, 0.1) is 0 Å². The SMILES string of the molecule is CC(=O)Nc1ccc(OC(=O)/C=C/c2cccnc2)cc1. The van der Waals surface area contributed by atoms with Crippen LogP contribution in [0.3, 0.4) is 0 Å². The van der Waals surface area contributed by atoms with Crippen molar-refractivity contribution in [3.63, 3.8) is 0 Å². The number of carbonyl (C=O) groups is 2. The van der Waals surface area contributed by atoms with Gasteiger partial charge in [0.15, 0.2) is 0 Å². The first-order chi connectivity index (χ1) is 10.1. The quantitative estimate of drug-likeness (QED) is 0.532. The third kappa shape index (κ3) is 4.91. The van der Waals surface area contributed by atoms with Gasteiger partial charge in [-0.05, 0) is 42.0 Å². The minimum absolute atomic E-state index is 0.154. The van der Waals surface area contributed by atoms with E-state index >= 15 is 0 Å². The molecule has 0 aliphatic heterocycles. The maximum Gasteiger partial charge on any atom is 0.336 e. The Morgan fingerprint density at radius 2 is 1.95 bits per heavy atom. The van der Waals surface area contributed by atoms with E-state index < -0.39 is 5.97 Å². The number of benzene rings is 1. The lowest BCUT2D eigenvalue weighted by Gasteiger charge is -2.04. The summed E-state index contributed by atoms with van der Waals surface area (Å²) in [6.45, 7) is 1.43. The van der Waals surface area contributed by atoms with Crippen molar-refractivity contribution in [1.29, 1.82) is 0 Å². The van der Waals surface area contributed by atoms with Crippen LogP contribution in [0.5, 0.6) is 5.75 Å². The summed E-state index contributed by atoms with van der Waals surface area (Å²) in [6, 6.07) is 10.2. The van der Waals surface area contributed by atoms with Gasteiger partial charge in [-0.15, -0.1) is 0 Å². The van der Waals surface area contributed by atoms with Crippen LogP contribution < -0.4 is 10.1 Å². The molecule has 0 atom stereocenters. The summed E-state index contributed by atoms with van der Waals surface area (Å²) in [5, 5.41) is 2.63. The summed E-state index contributed by atoms with van der Waals surface area (Å²) in [7, 11) is 0. The molecule has 1 heterocycles. The van der Waals surface area contributed by atoms with Gasteiger partial charge in [0, 0.05) is 31.1 Å². The van der Waals surface area contributed by atoms with E-state index in [1.165, 1.54) is 13.0 Å². The van der Waals surface area contributed by atoms with Gasteiger partial charge < -0.3 is 10.1 Å². The molecule has 0 bridgehead atoms. The smallest absolute Gasteiger partial charge is 0.336 e. The normalized spacial score (nSPS) is 10.3. The monoisotopic (exact) mass is 282 g/mol. The lowest BCUT2D eigenvalue weighted by atomic mass is 10.2. The molecule has 2 aromatic rings. The zero-order valence-electron chi connectivity index (χ0n) is 11.4. The van der Waals surface area contributed by atoms with Crippen LogP contribution in [0.2, 0.25) is 0 Å². The highest BCUT2D eigenvalue weighted by Gasteiger charge is 2.01. The van der Waals surface area contributed by atoms with Crippen LogP contribution in [0.4, 0.5) is 5.69 Å². The molecule has 106 valence electrons. The van der Waals surface area contributed by atoms with Crippen molar-refractivity contribution in [2.45, 2.75) is 6.92 Å². The average Bonchev–Trinajstić information content (AvgIpc) is 2.48. The Balaban J connectivity index is 1.93.